The van der Waals surface area contributed by atoms with Crippen molar-refractivity contribution in [1.82, 2.24) is 0 Å². The molecule has 6 nitrogen and oxygen atoms in total. The fourth-order valence-electron chi connectivity index (χ4n) is 4.83. The summed E-state index contributed by atoms with van der Waals surface area (Å²) in [7, 11) is -0.706. The van der Waals surface area contributed by atoms with E-state index in [4.69, 9.17) is 18.6 Å². The van der Waals surface area contributed by atoms with Crippen LogP contribution in [0.4, 0.5) is 0 Å². The van der Waals surface area contributed by atoms with E-state index < -0.39 is 25.6 Å². The van der Waals surface area contributed by atoms with E-state index >= 15 is 0 Å². The molecule has 1 aliphatic rings. The van der Waals surface area contributed by atoms with E-state index in [2.05, 4.69) is 54.6 Å². The predicted molar refractivity (Wildman–Crippen MR) is 139 cm³/mol. The van der Waals surface area contributed by atoms with Gasteiger partial charge in [0, 0.05) is 12.3 Å². The molecule has 0 unspecified atom stereocenters. The third-order valence-electron chi connectivity index (χ3n) is 7.96. The average molecular weight is 501 g/mol. The molecular formula is C27H52O6Si. The van der Waals surface area contributed by atoms with Gasteiger partial charge in [0.25, 0.3) is 0 Å². The van der Waals surface area contributed by atoms with Crippen LogP contribution >= 0.6 is 0 Å². The number of esters is 1. The Labute approximate surface area is 210 Å². The molecule has 7 heteroatoms. The van der Waals surface area contributed by atoms with Crippen LogP contribution in [-0.4, -0.2) is 50.8 Å². The number of carbonyl (C=O) groups is 2. The van der Waals surface area contributed by atoms with Gasteiger partial charge < -0.3 is 18.6 Å². The largest absolute Gasteiger partial charge is 0.469 e. The normalized spacial score (nSPS) is 26.6. The molecule has 6 atom stereocenters. The first-order valence-electron chi connectivity index (χ1n) is 13.0. The number of methoxy groups -OCH3 is 1. The first kappa shape index (κ1) is 31.3. The van der Waals surface area contributed by atoms with Crippen LogP contribution in [0.2, 0.25) is 18.1 Å². The Balaban J connectivity index is 2.90. The SMILES string of the molecule is CC[C@H]1OC(C)(C)O[C@@]1(C)CCC(=O)[C@H](C)C[C@H](C)[C@H](O[Si](C)(C)C(C)(C)C)[C@@H](C)C(=O)OC. The fraction of sp³-hybridized carbons (Fsp3) is 0.926. The fourth-order valence-corrected chi connectivity index (χ4v) is 6.31. The zero-order valence-corrected chi connectivity index (χ0v) is 25.2. The highest BCUT2D eigenvalue weighted by molar-refractivity contribution is 6.74. The minimum absolute atomic E-state index is 0.0185. The molecule has 0 aromatic rings. The van der Waals surface area contributed by atoms with Gasteiger partial charge in [-0.25, -0.2) is 0 Å². The van der Waals surface area contributed by atoms with Gasteiger partial charge in [0.15, 0.2) is 14.1 Å². The molecule has 1 saturated heterocycles. The topological polar surface area (TPSA) is 71.1 Å². The monoisotopic (exact) mass is 500 g/mol. The second-order valence-electron chi connectivity index (χ2n) is 12.6. The van der Waals surface area contributed by atoms with Crippen LogP contribution in [0.25, 0.3) is 0 Å². The second-order valence-corrected chi connectivity index (χ2v) is 17.3. The van der Waals surface area contributed by atoms with E-state index in [9.17, 15) is 9.59 Å². The third-order valence-corrected chi connectivity index (χ3v) is 12.4. The number of ether oxygens (including phenoxy) is 3. The highest BCUT2D eigenvalue weighted by Gasteiger charge is 2.49. The maximum absolute atomic E-state index is 13.1. The van der Waals surface area contributed by atoms with Gasteiger partial charge in [0.05, 0.1) is 30.8 Å². The van der Waals surface area contributed by atoms with Crippen molar-refractivity contribution in [3.05, 3.63) is 0 Å². The second kappa shape index (κ2) is 11.5. The number of Topliss-reactive ketones (excluding diaryl/α,β-unsaturated/α-hetero) is 1. The van der Waals surface area contributed by atoms with Crippen molar-refractivity contribution in [3.8, 4) is 0 Å². The van der Waals surface area contributed by atoms with Gasteiger partial charge in [-0.1, -0.05) is 41.5 Å². The van der Waals surface area contributed by atoms with Crippen molar-refractivity contribution in [1.29, 1.82) is 0 Å². The van der Waals surface area contributed by atoms with Crippen LogP contribution in [0.5, 0.6) is 0 Å². The molecule has 1 heterocycles. The minimum atomic E-state index is -2.12. The molecule has 0 spiro atoms. The first-order valence-corrected chi connectivity index (χ1v) is 15.9. The van der Waals surface area contributed by atoms with Crippen molar-refractivity contribution < 1.29 is 28.2 Å². The molecule has 0 saturated carbocycles. The van der Waals surface area contributed by atoms with Crippen LogP contribution in [0, 0.1) is 17.8 Å². The van der Waals surface area contributed by atoms with Crippen molar-refractivity contribution in [3.63, 3.8) is 0 Å². The molecule has 0 bridgehead atoms. The molecule has 0 aromatic carbocycles. The Kier molecular flexibility index (Phi) is 10.6. The molecule has 1 rings (SSSR count). The highest BCUT2D eigenvalue weighted by Crippen LogP contribution is 2.42. The molecule has 0 radical (unpaired) electrons. The Bertz CT molecular complexity index is 698. The molecular weight excluding hydrogens is 448 g/mol. The zero-order chi connectivity index (χ0) is 26.7. The van der Waals surface area contributed by atoms with Crippen LogP contribution < -0.4 is 0 Å². The molecule has 200 valence electrons. The Morgan fingerprint density at radius 3 is 2.12 bits per heavy atom. The summed E-state index contributed by atoms with van der Waals surface area (Å²) in [6, 6.07) is 0. The Hall–Kier alpha value is -0.763. The first-order chi connectivity index (χ1) is 15.3. The smallest absolute Gasteiger partial charge is 0.310 e. The zero-order valence-electron chi connectivity index (χ0n) is 24.2. The molecule has 0 aromatic heterocycles. The van der Waals surface area contributed by atoms with Crippen molar-refractivity contribution >= 4 is 20.1 Å². The van der Waals surface area contributed by atoms with Gasteiger partial charge in [0.2, 0.25) is 0 Å². The maximum Gasteiger partial charge on any atom is 0.310 e. The van der Waals surface area contributed by atoms with Gasteiger partial charge >= 0.3 is 5.97 Å². The molecule has 1 aliphatic heterocycles. The highest BCUT2D eigenvalue weighted by atomic mass is 28.4. The van der Waals surface area contributed by atoms with Crippen molar-refractivity contribution in [2.75, 3.05) is 7.11 Å². The summed E-state index contributed by atoms with van der Waals surface area (Å²) in [5.41, 5.74) is -0.466. The van der Waals surface area contributed by atoms with Crippen LogP contribution in [-0.2, 0) is 28.2 Å². The van der Waals surface area contributed by atoms with E-state index in [1.165, 1.54) is 7.11 Å². The average Bonchev–Trinajstić information content (AvgIpc) is 2.96. The summed E-state index contributed by atoms with van der Waals surface area (Å²) in [6.45, 7) is 24.9. The quantitative estimate of drug-likeness (QED) is 0.224. The van der Waals surface area contributed by atoms with Crippen LogP contribution in [0.15, 0.2) is 0 Å². The number of rotatable bonds is 12. The summed E-state index contributed by atoms with van der Waals surface area (Å²) in [5.74, 6) is -1.18. The number of hydrogen-bond donors (Lipinski definition) is 0. The van der Waals surface area contributed by atoms with Gasteiger partial charge in [0.1, 0.15) is 5.78 Å². The lowest BCUT2D eigenvalue weighted by Crippen LogP contribution is -2.49. The van der Waals surface area contributed by atoms with Gasteiger partial charge in [-0.15, -0.1) is 0 Å². The van der Waals surface area contributed by atoms with Crippen LogP contribution in [0.1, 0.15) is 94.9 Å². The number of ketones is 1. The summed E-state index contributed by atoms with van der Waals surface area (Å²) in [6.07, 6.45) is 2.27. The summed E-state index contributed by atoms with van der Waals surface area (Å²) in [5, 5.41) is 0.0185. The van der Waals surface area contributed by atoms with Gasteiger partial charge in [-0.2, -0.15) is 0 Å². The van der Waals surface area contributed by atoms with E-state index in [0.29, 0.717) is 19.3 Å². The maximum atomic E-state index is 13.1. The lowest BCUT2D eigenvalue weighted by Gasteiger charge is -2.42. The van der Waals surface area contributed by atoms with Crippen LogP contribution in [0.3, 0.4) is 0 Å². The Morgan fingerprint density at radius 2 is 1.65 bits per heavy atom. The molecule has 34 heavy (non-hydrogen) atoms. The summed E-state index contributed by atoms with van der Waals surface area (Å²) >= 11 is 0. The lowest BCUT2D eigenvalue weighted by molar-refractivity contribution is -0.162. The summed E-state index contributed by atoms with van der Waals surface area (Å²) in [4.78, 5) is 25.6. The molecule has 0 N–H and O–H groups in total. The molecule has 1 fully saturated rings. The van der Waals surface area contributed by atoms with E-state index in [1.807, 2.05) is 27.7 Å². The van der Waals surface area contributed by atoms with E-state index in [0.717, 1.165) is 6.42 Å². The van der Waals surface area contributed by atoms with E-state index in [1.54, 1.807) is 0 Å². The van der Waals surface area contributed by atoms with E-state index in [-0.39, 0.29) is 40.8 Å². The number of hydrogen-bond acceptors (Lipinski definition) is 6. The Morgan fingerprint density at radius 1 is 1.09 bits per heavy atom. The standard InChI is InChI=1S/C27H52O6Si/c1-14-22-27(10,33-26(8,9)31-22)16-15-21(28)18(2)17-19(3)23(20(4)24(29)30-11)32-34(12,13)25(5,6)7/h18-20,22-23H,14-17H2,1-13H3/t18-,19+,20-,22-,23+,27+/m1/s1. The third kappa shape index (κ3) is 7.87. The predicted octanol–water partition coefficient (Wildman–Crippen LogP) is 6.52. The minimum Gasteiger partial charge on any atom is -0.469 e. The molecule has 0 amide bonds. The van der Waals surface area contributed by atoms with Crippen molar-refractivity contribution in [2.45, 2.75) is 137 Å². The molecule has 0 aliphatic carbocycles. The lowest BCUT2D eigenvalue weighted by atomic mass is 9.83. The number of carbonyl (C=O) groups excluding carboxylic acids is 2. The van der Waals surface area contributed by atoms with Gasteiger partial charge in [-0.05, 0) is 71.0 Å². The van der Waals surface area contributed by atoms with Gasteiger partial charge in [-0.3, -0.25) is 9.59 Å². The van der Waals surface area contributed by atoms with Crippen molar-refractivity contribution in [2.24, 2.45) is 17.8 Å². The summed E-state index contributed by atoms with van der Waals surface area (Å²) < 4.78 is 24.0.